The summed E-state index contributed by atoms with van der Waals surface area (Å²) in [7, 11) is 0. The van der Waals surface area contributed by atoms with E-state index in [1.165, 1.54) is 0 Å². The number of nitrogens with one attached hydrogen (secondary N) is 1. The van der Waals surface area contributed by atoms with Crippen LogP contribution in [-0.4, -0.2) is 36.7 Å². The zero-order chi connectivity index (χ0) is 21.1. The van der Waals surface area contributed by atoms with E-state index in [1.54, 1.807) is 0 Å². The Balaban J connectivity index is 0.000000687. The van der Waals surface area contributed by atoms with Gasteiger partial charge in [-0.25, -0.2) is 0 Å². The molecular weight excluding hydrogens is 370 g/mol. The molecule has 1 heterocycles. The molecule has 1 aliphatic rings. The van der Waals surface area contributed by atoms with Gasteiger partial charge < -0.3 is 19.9 Å². The molecule has 6 nitrogen and oxygen atoms in total. The van der Waals surface area contributed by atoms with Crippen LogP contribution < -0.4 is 10.1 Å². The van der Waals surface area contributed by atoms with Crippen LogP contribution in [0.4, 0.5) is 0 Å². The standard InChI is InChI=1S/C21H25NO3.C2H4O2/c1-16(21(23)24-15-17-10-12-22-13-11-17)18-6-5-9-20(14-18)25-19-7-3-2-4-8-19;1-2(3)4/h2-9,14,16-17,22H,10-13,15H2,1H3;1H3,(H,3,4). The lowest BCUT2D eigenvalue weighted by Crippen LogP contribution is -2.31. The summed E-state index contributed by atoms with van der Waals surface area (Å²) < 4.78 is 11.4. The second kappa shape index (κ2) is 11.9. The highest BCUT2D eigenvalue weighted by atomic mass is 16.5. The van der Waals surface area contributed by atoms with Gasteiger partial charge >= 0.3 is 5.97 Å². The Kier molecular flexibility index (Phi) is 9.18. The molecule has 0 radical (unpaired) electrons. The van der Waals surface area contributed by atoms with Gasteiger partial charge in [0.15, 0.2) is 0 Å². The maximum absolute atomic E-state index is 12.4. The fourth-order valence-electron chi connectivity index (χ4n) is 2.98. The van der Waals surface area contributed by atoms with E-state index >= 15 is 0 Å². The summed E-state index contributed by atoms with van der Waals surface area (Å²) in [5.41, 5.74) is 0.906. The fourth-order valence-corrected chi connectivity index (χ4v) is 2.98. The van der Waals surface area contributed by atoms with Crippen molar-refractivity contribution in [3.05, 3.63) is 60.2 Å². The van der Waals surface area contributed by atoms with Gasteiger partial charge in [0.2, 0.25) is 0 Å². The normalized spacial score (nSPS) is 14.8. The number of piperidine rings is 1. The Hall–Kier alpha value is -2.86. The van der Waals surface area contributed by atoms with Crippen LogP contribution in [0.15, 0.2) is 54.6 Å². The first-order valence-electron chi connectivity index (χ1n) is 9.85. The van der Waals surface area contributed by atoms with Gasteiger partial charge in [0.05, 0.1) is 12.5 Å². The van der Waals surface area contributed by atoms with Gasteiger partial charge in [0.1, 0.15) is 11.5 Å². The van der Waals surface area contributed by atoms with Crippen LogP contribution in [0.25, 0.3) is 0 Å². The highest BCUT2D eigenvalue weighted by Gasteiger charge is 2.20. The third kappa shape index (κ3) is 8.35. The summed E-state index contributed by atoms with van der Waals surface area (Å²) in [4.78, 5) is 21.4. The van der Waals surface area contributed by atoms with E-state index in [1.807, 2.05) is 61.5 Å². The zero-order valence-corrected chi connectivity index (χ0v) is 17.0. The molecule has 156 valence electrons. The average molecular weight is 399 g/mol. The molecule has 0 spiro atoms. The van der Waals surface area contributed by atoms with Crippen molar-refractivity contribution >= 4 is 11.9 Å². The van der Waals surface area contributed by atoms with Gasteiger partial charge in [0, 0.05) is 6.92 Å². The van der Waals surface area contributed by atoms with E-state index < -0.39 is 5.97 Å². The predicted octanol–water partition coefficient (Wildman–Crippen LogP) is 4.22. The lowest BCUT2D eigenvalue weighted by molar-refractivity contribution is -0.146. The molecule has 2 N–H and O–H groups in total. The second-order valence-electron chi connectivity index (χ2n) is 7.05. The molecule has 1 unspecified atom stereocenters. The minimum Gasteiger partial charge on any atom is -0.481 e. The smallest absolute Gasteiger partial charge is 0.313 e. The number of hydrogen-bond acceptors (Lipinski definition) is 5. The minimum atomic E-state index is -0.833. The number of esters is 1. The van der Waals surface area contributed by atoms with Crippen LogP contribution in [0.1, 0.15) is 38.2 Å². The monoisotopic (exact) mass is 399 g/mol. The van der Waals surface area contributed by atoms with Crippen LogP contribution in [-0.2, 0) is 14.3 Å². The number of para-hydroxylation sites is 1. The van der Waals surface area contributed by atoms with Crippen LogP contribution in [0, 0.1) is 5.92 Å². The Morgan fingerprint density at radius 1 is 1.07 bits per heavy atom. The highest BCUT2D eigenvalue weighted by Crippen LogP contribution is 2.26. The largest absolute Gasteiger partial charge is 0.481 e. The number of carboxylic acids is 1. The summed E-state index contributed by atoms with van der Waals surface area (Å²) in [6.07, 6.45) is 2.14. The Morgan fingerprint density at radius 3 is 2.34 bits per heavy atom. The number of carboxylic acid groups (broad SMARTS) is 1. The van der Waals surface area contributed by atoms with Crippen molar-refractivity contribution < 1.29 is 24.2 Å². The molecule has 0 aliphatic carbocycles. The maximum atomic E-state index is 12.4. The molecule has 2 aromatic rings. The lowest BCUT2D eigenvalue weighted by atomic mass is 9.99. The van der Waals surface area contributed by atoms with Crippen molar-refractivity contribution in [2.75, 3.05) is 19.7 Å². The second-order valence-corrected chi connectivity index (χ2v) is 7.05. The average Bonchev–Trinajstić information content (AvgIpc) is 2.73. The first kappa shape index (κ1) is 22.4. The zero-order valence-electron chi connectivity index (χ0n) is 17.0. The molecule has 29 heavy (non-hydrogen) atoms. The van der Waals surface area contributed by atoms with E-state index in [2.05, 4.69) is 5.32 Å². The van der Waals surface area contributed by atoms with Gasteiger partial charge in [-0.05, 0) is 68.6 Å². The van der Waals surface area contributed by atoms with E-state index in [-0.39, 0.29) is 11.9 Å². The predicted molar refractivity (Wildman–Crippen MR) is 111 cm³/mol. The highest BCUT2D eigenvalue weighted by molar-refractivity contribution is 5.77. The minimum absolute atomic E-state index is 0.171. The van der Waals surface area contributed by atoms with Gasteiger partial charge in [0.25, 0.3) is 5.97 Å². The third-order valence-electron chi connectivity index (χ3n) is 4.61. The van der Waals surface area contributed by atoms with Crippen LogP contribution in [0.3, 0.4) is 0 Å². The molecule has 1 aliphatic heterocycles. The maximum Gasteiger partial charge on any atom is 0.313 e. The summed E-state index contributed by atoms with van der Waals surface area (Å²) >= 11 is 0. The number of aliphatic carboxylic acids is 1. The number of carbonyl (C=O) groups excluding carboxylic acids is 1. The summed E-state index contributed by atoms with van der Waals surface area (Å²) in [5, 5.41) is 10.7. The van der Waals surface area contributed by atoms with Crippen molar-refractivity contribution in [1.82, 2.24) is 5.32 Å². The van der Waals surface area contributed by atoms with Crippen molar-refractivity contribution in [3.63, 3.8) is 0 Å². The van der Waals surface area contributed by atoms with Crippen molar-refractivity contribution in [3.8, 4) is 11.5 Å². The van der Waals surface area contributed by atoms with Crippen LogP contribution >= 0.6 is 0 Å². The van der Waals surface area contributed by atoms with E-state index in [9.17, 15) is 4.79 Å². The first-order valence-corrected chi connectivity index (χ1v) is 9.85. The third-order valence-corrected chi connectivity index (χ3v) is 4.61. The Morgan fingerprint density at radius 2 is 1.69 bits per heavy atom. The molecule has 6 heteroatoms. The fraction of sp³-hybridized carbons (Fsp3) is 0.391. The van der Waals surface area contributed by atoms with E-state index in [0.717, 1.165) is 49.9 Å². The van der Waals surface area contributed by atoms with Gasteiger partial charge in [-0.3, -0.25) is 9.59 Å². The van der Waals surface area contributed by atoms with Crippen LogP contribution in [0.5, 0.6) is 11.5 Å². The molecule has 0 saturated carbocycles. The molecule has 2 aromatic carbocycles. The number of benzene rings is 2. The molecule has 3 rings (SSSR count). The van der Waals surface area contributed by atoms with Gasteiger partial charge in [-0.15, -0.1) is 0 Å². The number of carbonyl (C=O) groups is 2. The molecule has 0 aromatic heterocycles. The summed E-state index contributed by atoms with van der Waals surface area (Å²) in [6.45, 7) is 5.50. The summed E-state index contributed by atoms with van der Waals surface area (Å²) in [5.74, 6) is 0.670. The number of rotatable bonds is 6. The van der Waals surface area contributed by atoms with Crippen molar-refractivity contribution in [2.24, 2.45) is 5.92 Å². The van der Waals surface area contributed by atoms with Crippen molar-refractivity contribution in [1.29, 1.82) is 0 Å². The van der Waals surface area contributed by atoms with E-state index in [0.29, 0.717) is 12.5 Å². The molecule has 1 atom stereocenters. The van der Waals surface area contributed by atoms with E-state index in [4.69, 9.17) is 19.4 Å². The molecule has 0 amide bonds. The quantitative estimate of drug-likeness (QED) is 0.708. The molecule has 1 saturated heterocycles. The number of hydrogen-bond donors (Lipinski definition) is 2. The van der Waals surface area contributed by atoms with Crippen LogP contribution in [0.2, 0.25) is 0 Å². The first-order chi connectivity index (χ1) is 14.0. The van der Waals surface area contributed by atoms with Gasteiger partial charge in [-0.1, -0.05) is 30.3 Å². The summed E-state index contributed by atoms with van der Waals surface area (Å²) in [6, 6.07) is 17.3. The number of ether oxygens (including phenoxy) is 2. The Labute approximate surface area is 171 Å². The topological polar surface area (TPSA) is 84.9 Å². The van der Waals surface area contributed by atoms with Crippen molar-refractivity contribution in [2.45, 2.75) is 32.6 Å². The Bertz CT molecular complexity index is 768. The molecule has 0 bridgehead atoms. The SMILES string of the molecule is CC(=O)O.CC(C(=O)OCC1CCNCC1)c1cccc(Oc2ccccc2)c1. The molecular formula is C23H29NO5. The van der Waals surface area contributed by atoms with Gasteiger partial charge in [-0.2, -0.15) is 0 Å². The molecule has 1 fully saturated rings. The lowest BCUT2D eigenvalue weighted by Gasteiger charge is -2.23.